The summed E-state index contributed by atoms with van der Waals surface area (Å²) in [4.78, 5) is 32.1. The second-order valence-corrected chi connectivity index (χ2v) is 8.23. The highest BCUT2D eigenvalue weighted by molar-refractivity contribution is 7.99. The van der Waals surface area contributed by atoms with E-state index in [0.29, 0.717) is 31.5 Å². The van der Waals surface area contributed by atoms with Crippen molar-refractivity contribution in [3.63, 3.8) is 0 Å². The van der Waals surface area contributed by atoms with Gasteiger partial charge in [0.15, 0.2) is 16.7 Å². The van der Waals surface area contributed by atoms with Gasteiger partial charge in [-0.3, -0.25) is 14.2 Å². The molecular formula is C20H21N3O4S. The molecule has 1 amide bonds. The number of carbonyl (C=O) groups is 1. The third-order valence-corrected chi connectivity index (χ3v) is 6.43. The molecule has 146 valence electrons. The fourth-order valence-corrected chi connectivity index (χ4v) is 4.98. The van der Waals surface area contributed by atoms with E-state index in [2.05, 4.69) is 4.98 Å². The van der Waals surface area contributed by atoms with Crippen LogP contribution in [0.2, 0.25) is 0 Å². The minimum Gasteiger partial charge on any atom is -0.490 e. The Morgan fingerprint density at radius 2 is 2.00 bits per heavy atom. The van der Waals surface area contributed by atoms with Crippen LogP contribution in [0, 0.1) is 0 Å². The molecule has 28 heavy (non-hydrogen) atoms. The molecule has 3 aliphatic heterocycles. The van der Waals surface area contributed by atoms with Crippen LogP contribution in [0.4, 0.5) is 0 Å². The molecular weight excluding hydrogens is 378 g/mol. The number of fused-ring (bicyclic) bond motifs is 2. The van der Waals surface area contributed by atoms with Crippen molar-refractivity contribution in [3.05, 3.63) is 45.9 Å². The lowest BCUT2D eigenvalue weighted by atomic mass is 10.0. The molecule has 2 aromatic rings. The van der Waals surface area contributed by atoms with E-state index in [4.69, 9.17) is 9.47 Å². The fraction of sp³-hybridized carbons (Fsp3) is 0.450. The smallest absolute Gasteiger partial charge is 0.267 e. The molecule has 0 saturated carbocycles. The van der Waals surface area contributed by atoms with E-state index >= 15 is 0 Å². The van der Waals surface area contributed by atoms with Gasteiger partial charge in [-0.05, 0) is 30.5 Å². The lowest BCUT2D eigenvalue weighted by molar-refractivity contribution is 0.0732. The Kier molecular flexibility index (Phi) is 4.50. The molecule has 0 bridgehead atoms. The highest BCUT2D eigenvalue weighted by Gasteiger charge is 2.33. The van der Waals surface area contributed by atoms with Gasteiger partial charge in [-0.2, -0.15) is 0 Å². The Labute approximate surface area is 166 Å². The third-order valence-electron chi connectivity index (χ3n) is 5.46. The molecule has 0 radical (unpaired) electrons. The van der Waals surface area contributed by atoms with Gasteiger partial charge in [0.25, 0.3) is 11.5 Å². The number of amides is 1. The summed E-state index contributed by atoms with van der Waals surface area (Å²) in [7, 11) is 0. The normalized spacial score (nSPS) is 20.7. The van der Waals surface area contributed by atoms with Crippen LogP contribution in [0.1, 0.15) is 41.2 Å². The maximum absolute atomic E-state index is 13.2. The number of hydrogen-bond acceptors (Lipinski definition) is 6. The number of carbonyl (C=O) groups excluding carboxylic acids is 1. The van der Waals surface area contributed by atoms with E-state index < -0.39 is 0 Å². The Balaban J connectivity index is 1.45. The average molecular weight is 399 g/mol. The van der Waals surface area contributed by atoms with Crippen LogP contribution in [0.25, 0.3) is 0 Å². The molecule has 1 aromatic heterocycles. The number of likely N-dealkylation sites (tertiary alicyclic amines) is 1. The number of aromatic nitrogens is 2. The highest BCUT2D eigenvalue weighted by atomic mass is 32.2. The molecule has 3 aliphatic rings. The quantitative estimate of drug-likeness (QED) is 0.723. The van der Waals surface area contributed by atoms with Gasteiger partial charge in [-0.1, -0.05) is 17.8 Å². The van der Waals surface area contributed by atoms with E-state index in [-0.39, 0.29) is 23.1 Å². The van der Waals surface area contributed by atoms with E-state index in [1.54, 1.807) is 21.2 Å². The van der Waals surface area contributed by atoms with Crippen LogP contribution >= 0.6 is 11.8 Å². The maximum Gasteiger partial charge on any atom is 0.267 e. The number of ether oxygens (including phenoxy) is 2. The number of nitrogens with zero attached hydrogens (tertiary/aromatic N) is 3. The Bertz CT molecular complexity index is 990. The van der Waals surface area contributed by atoms with Gasteiger partial charge < -0.3 is 14.4 Å². The van der Waals surface area contributed by atoms with E-state index in [1.165, 1.54) is 6.20 Å². The third kappa shape index (κ3) is 2.96. The zero-order chi connectivity index (χ0) is 19.1. The van der Waals surface area contributed by atoms with Crippen LogP contribution in [-0.2, 0) is 6.54 Å². The monoisotopic (exact) mass is 399 g/mol. The van der Waals surface area contributed by atoms with Crippen LogP contribution in [0.5, 0.6) is 11.5 Å². The predicted octanol–water partition coefficient (Wildman–Crippen LogP) is 2.49. The van der Waals surface area contributed by atoms with Gasteiger partial charge in [0.1, 0.15) is 5.56 Å². The number of rotatable bonds is 2. The van der Waals surface area contributed by atoms with Gasteiger partial charge in [0.05, 0.1) is 19.3 Å². The van der Waals surface area contributed by atoms with E-state index in [0.717, 1.165) is 42.1 Å². The first-order chi connectivity index (χ1) is 13.7. The molecule has 1 saturated heterocycles. The van der Waals surface area contributed by atoms with Gasteiger partial charge in [0, 0.05) is 31.5 Å². The molecule has 7 nitrogen and oxygen atoms in total. The summed E-state index contributed by atoms with van der Waals surface area (Å²) < 4.78 is 13.1. The summed E-state index contributed by atoms with van der Waals surface area (Å²) in [5.74, 6) is 2.06. The zero-order valence-electron chi connectivity index (χ0n) is 15.4. The summed E-state index contributed by atoms with van der Waals surface area (Å²) in [5, 5.41) is 0.697. The van der Waals surface area contributed by atoms with Crippen LogP contribution < -0.4 is 15.0 Å². The minimum atomic E-state index is -0.237. The highest BCUT2D eigenvalue weighted by Crippen LogP contribution is 2.38. The lowest BCUT2D eigenvalue weighted by Gasteiger charge is -2.25. The minimum absolute atomic E-state index is 0.0725. The largest absolute Gasteiger partial charge is 0.490 e. The summed E-state index contributed by atoms with van der Waals surface area (Å²) in [6, 6.07) is 5.81. The van der Waals surface area contributed by atoms with Gasteiger partial charge in [0.2, 0.25) is 0 Å². The first-order valence-corrected chi connectivity index (χ1v) is 10.6. The first-order valence-electron chi connectivity index (χ1n) is 9.65. The summed E-state index contributed by atoms with van der Waals surface area (Å²) in [5.41, 5.74) is 0.941. The van der Waals surface area contributed by atoms with Gasteiger partial charge in [-0.15, -0.1) is 0 Å². The second-order valence-electron chi connectivity index (χ2n) is 7.17. The summed E-state index contributed by atoms with van der Waals surface area (Å²) in [6.07, 6.45) is 4.06. The summed E-state index contributed by atoms with van der Waals surface area (Å²) in [6.45, 7) is 2.51. The predicted molar refractivity (Wildman–Crippen MR) is 104 cm³/mol. The molecule has 4 heterocycles. The van der Waals surface area contributed by atoms with Crippen LogP contribution in [0.3, 0.4) is 0 Å². The van der Waals surface area contributed by atoms with E-state index in [1.807, 2.05) is 18.2 Å². The lowest BCUT2D eigenvalue weighted by Crippen LogP contribution is -2.36. The molecule has 0 N–H and O–H groups in total. The Hall–Kier alpha value is -2.48. The van der Waals surface area contributed by atoms with Crippen LogP contribution in [0.15, 0.2) is 34.3 Å². The standard InChI is InChI=1S/C20H21N3O4S/c24-18(14-12-21-20-23(19(14)25)7-10-28-20)22-6-1-3-15(22)13-4-5-16-17(11-13)27-9-2-8-26-16/h4-5,11-12,15H,1-3,6-10H2. The number of hydrogen-bond donors (Lipinski definition) is 0. The van der Waals surface area contributed by atoms with Crippen molar-refractivity contribution in [2.75, 3.05) is 25.5 Å². The maximum atomic E-state index is 13.2. The van der Waals surface area contributed by atoms with Crippen molar-refractivity contribution in [3.8, 4) is 11.5 Å². The Morgan fingerprint density at radius 1 is 1.14 bits per heavy atom. The topological polar surface area (TPSA) is 73.7 Å². The van der Waals surface area contributed by atoms with Gasteiger partial charge in [-0.25, -0.2) is 4.98 Å². The van der Waals surface area contributed by atoms with Crippen molar-refractivity contribution >= 4 is 17.7 Å². The first kappa shape index (κ1) is 17.6. The number of thioether (sulfide) groups is 1. The van der Waals surface area contributed by atoms with Crippen molar-refractivity contribution in [1.29, 1.82) is 0 Å². The molecule has 8 heteroatoms. The van der Waals surface area contributed by atoms with Crippen molar-refractivity contribution in [2.24, 2.45) is 0 Å². The molecule has 5 rings (SSSR count). The summed E-state index contributed by atoms with van der Waals surface area (Å²) >= 11 is 1.55. The molecule has 1 unspecified atom stereocenters. The fourth-order valence-electron chi connectivity index (χ4n) is 4.06. The molecule has 1 fully saturated rings. The van der Waals surface area contributed by atoms with Gasteiger partial charge >= 0.3 is 0 Å². The van der Waals surface area contributed by atoms with E-state index in [9.17, 15) is 9.59 Å². The van der Waals surface area contributed by atoms with Crippen molar-refractivity contribution in [2.45, 2.75) is 37.0 Å². The zero-order valence-corrected chi connectivity index (χ0v) is 16.2. The van der Waals surface area contributed by atoms with Crippen molar-refractivity contribution < 1.29 is 14.3 Å². The van der Waals surface area contributed by atoms with Crippen molar-refractivity contribution in [1.82, 2.24) is 14.5 Å². The average Bonchev–Trinajstić information content (AvgIpc) is 3.33. The SMILES string of the molecule is O=C(c1cnc2n(c1=O)CCS2)N1CCCC1c1ccc2c(c1)OCCCO2. The molecule has 1 atom stereocenters. The van der Waals surface area contributed by atoms with Crippen LogP contribution in [-0.4, -0.2) is 45.9 Å². The molecule has 0 aliphatic carbocycles. The molecule has 0 spiro atoms. The second kappa shape index (κ2) is 7.16. The number of benzene rings is 1. The Morgan fingerprint density at radius 3 is 2.89 bits per heavy atom. The molecule has 1 aromatic carbocycles.